The van der Waals surface area contributed by atoms with Gasteiger partial charge in [0.25, 0.3) is 0 Å². The number of hydrogen-bond acceptors (Lipinski definition) is 3. The monoisotopic (exact) mass is 193 g/mol. The summed E-state index contributed by atoms with van der Waals surface area (Å²) in [6, 6.07) is 0. The van der Waals surface area contributed by atoms with Crippen LogP contribution in [0.15, 0.2) is 12.7 Å². The minimum absolute atomic E-state index is 0.926. The van der Waals surface area contributed by atoms with Gasteiger partial charge in [0.1, 0.15) is 18.5 Å². The maximum absolute atomic E-state index is 4.09. The van der Waals surface area contributed by atoms with Crippen molar-refractivity contribution in [3.8, 4) is 0 Å². The van der Waals surface area contributed by atoms with E-state index in [2.05, 4.69) is 21.9 Å². The van der Waals surface area contributed by atoms with Gasteiger partial charge in [0.2, 0.25) is 0 Å². The van der Waals surface area contributed by atoms with Gasteiger partial charge in [0.05, 0.1) is 0 Å². The van der Waals surface area contributed by atoms with Crippen LogP contribution in [0.3, 0.4) is 0 Å². The molecule has 0 aromatic carbocycles. The summed E-state index contributed by atoms with van der Waals surface area (Å²) in [6.07, 6.45) is 12.0. The SMILES string of the molecule is CCCCCCCCc1ncncn1. The van der Waals surface area contributed by atoms with Crippen LogP contribution in [0.4, 0.5) is 0 Å². The summed E-state index contributed by atoms with van der Waals surface area (Å²) >= 11 is 0. The van der Waals surface area contributed by atoms with Crippen LogP contribution in [0.25, 0.3) is 0 Å². The normalized spacial score (nSPS) is 10.4. The molecular weight excluding hydrogens is 174 g/mol. The first-order valence-corrected chi connectivity index (χ1v) is 5.54. The molecule has 3 nitrogen and oxygen atoms in total. The first kappa shape index (κ1) is 11.1. The van der Waals surface area contributed by atoms with Gasteiger partial charge in [-0.3, -0.25) is 0 Å². The highest BCUT2D eigenvalue weighted by Gasteiger charge is 1.95. The molecule has 0 spiro atoms. The third kappa shape index (κ3) is 4.90. The lowest BCUT2D eigenvalue weighted by molar-refractivity contribution is 0.600. The van der Waals surface area contributed by atoms with E-state index in [0.29, 0.717) is 0 Å². The predicted molar refractivity (Wildman–Crippen MR) is 56.9 cm³/mol. The van der Waals surface area contributed by atoms with Crippen molar-refractivity contribution in [2.75, 3.05) is 0 Å². The number of rotatable bonds is 7. The fraction of sp³-hybridized carbons (Fsp3) is 0.727. The maximum Gasteiger partial charge on any atom is 0.131 e. The van der Waals surface area contributed by atoms with Gasteiger partial charge in [-0.15, -0.1) is 0 Å². The van der Waals surface area contributed by atoms with Crippen molar-refractivity contribution >= 4 is 0 Å². The number of unbranched alkanes of at least 4 members (excludes halogenated alkanes) is 5. The van der Waals surface area contributed by atoms with Crippen LogP contribution in [0.1, 0.15) is 51.3 Å². The van der Waals surface area contributed by atoms with Crippen molar-refractivity contribution in [1.82, 2.24) is 15.0 Å². The minimum atomic E-state index is 0.926. The summed E-state index contributed by atoms with van der Waals surface area (Å²) < 4.78 is 0. The van der Waals surface area contributed by atoms with Crippen LogP contribution in [-0.2, 0) is 6.42 Å². The summed E-state index contributed by atoms with van der Waals surface area (Å²) in [5, 5.41) is 0. The minimum Gasteiger partial charge on any atom is -0.225 e. The summed E-state index contributed by atoms with van der Waals surface area (Å²) in [5.41, 5.74) is 0. The Morgan fingerprint density at radius 2 is 1.57 bits per heavy atom. The van der Waals surface area contributed by atoms with E-state index in [1.165, 1.54) is 38.5 Å². The van der Waals surface area contributed by atoms with Crippen molar-refractivity contribution in [2.24, 2.45) is 0 Å². The molecule has 0 atom stereocenters. The molecule has 0 aliphatic rings. The van der Waals surface area contributed by atoms with E-state index in [1.54, 1.807) is 12.7 Å². The summed E-state index contributed by atoms with van der Waals surface area (Å²) in [4.78, 5) is 12.0. The quantitative estimate of drug-likeness (QED) is 0.625. The molecule has 0 saturated carbocycles. The molecule has 1 rings (SSSR count). The zero-order valence-corrected chi connectivity index (χ0v) is 8.95. The maximum atomic E-state index is 4.09. The zero-order chi connectivity index (χ0) is 10.1. The molecule has 0 N–H and O–H groups in total. The smallest absolute Gasteiger partial charge is 0.131 e. The molecule has 78 valence electrons. The molecule has 1 heterocycles. The van der Waals surface area contributed by atoms with Gasteiger partial charge in [-0.2, -0.15) is 0 Å². The lowest BCUT2D eigenvalue weighted by atomic mass is 10.1. The van der Waals surface area contributed by atoms with Crippen LogP contribution in [0.2, 0.25) is 0 Å². The van der Waals surface area contributed by atoms with E-state index in [9.17, 15) is 0 Å². The molecule has 0 aliphatic carbocycles. The second-order valence-electron chi connectivity index (χ2n) is 3.57. The second kappa shape index (κ2) is 7.42. The van der Waals surface area contributed by atoms with E-state index >= 15 is 0 Å². The highest BCUT2D eigenvalue weighted by atomic mass is 15.0. The first-order chi connectivity index (χ1) is 6.93. The zero-order valence-electron chi connectivity index (χ0n) is 8.95. The van der Waals surface area contributed by atoms with E-state index in [4.69, 9.17) is 0 Å². The lowest BCUT2D eigenvalue weighted by Crippen LogP contribution is -1.94. The van der Waals surface area contributed by atoms with Gasteiger partial charge in [-0.1, -0.05) is 39.0 Å². The number of aryl methyl sites for hydroxylation is 1. The molecule has 0 amide bonds. The molecule has 0 fully saturated rings. The molecule has 1 aromatic rings. The molecule has 0 radical (unpaired) electrons. The van der Waals surface area contributed by atoms with Gasteiger partial charge >= 0.3 is 0 Å². The average Bonchev–Trinajstić information content (AvgIpc) is 2.25. The molecule has 0 unspecified atom stereocenters. The molecule has 0 bridgehead atoms. The summed E-state index contributed by atoms with van der Waals surface area (Å²) in [6.45, 7) is 2.24. The Hall–Kier alpha value is -0.990. The largest absolute Gasteiger partial charge is 0.225 e. The fourth-order valence-electron chi connectivity index (χ4n) is 1.46. The van der Waals surface area contributed by atoms with Gasteiger partial charge in [0, 0.05) is 6.42 Å². The Morgan fingerprint density at radius 1 is 0.929 bits per heavy atom. The fourth-order valence-corrected chi connectivity index (χ4v) is 1.46. The summed E-state index contributed by atoms with van der Waals surface area (Å²) in [7, 11) is 0. The summed E-state index contributed by atoms with van der Waals surface area (Å²) in [5.74, 6) is 0.926. The number of aromatic nitrogens is 3. The topological polar surface area (TPSA) is 38.7 Å². The van der Waals surface area contributed by atoms with Crippen molar-refractivity contribution in [2.45, 2.75) is 51.9 Å². The Bertz CT molecular complexity index is 223. The molecule has 3 heteroatoms. The Morgan fingerprint density at radius 3 is 2.29 bits per heavy atom. The van der Waals surface area contributed by atoms with Crippen LogP contribution < -0.4 is 0 Å². The van der Waals surface area contributed by atoms with Crippen LogP contribution >= 0.6 is 0 Å². The molecule has 1 aromatic heterocycles. The second-order valence-corrected chi connectivity index (χ2v) is 3.57. The van der Waals surface area contributed by atoms with Gasteiger partial charge in [-0.25, -0.2) is 15.0 Å². The van der Waals surface area contributed by atoms with E-state index < -0.39 is 0 Å². The van der Waals surface area contributed by atoms with Gasteiger partial charge in [0.15, 0.2) is 0 Å². The highest BCUT2D eigenvalue weighted by Crippen LogP contribution is 2.06. The highest BCUT2D eigenvalue weighted by molar-refractivity contribution is 4.80. The Labute approximate surface area is 86.0 Å². The molecular formula is C11H19N3. The average molecular weight is 193 g/mol. The van der Waals surface area contributed by atoms with Gasteiger partial charge < -0.3 is 0 Å². The third-order valence-electron chi connectivity index (χ3n) is 2.30. The lowest BCUT2D eigenvalue weighted by Gasteiger charge is -1.99. The van der Waals surface area contributed by atoms with Crippen molar-refractivity contribution in [3.63, 3.8) is 0 Å². The van der Waals surface area contributed by atoms with E-state index in [1.807, 2.05) is 0 Å². The Balaban J connectivity index is 1.99. The number of nitrogens with zero attached hydrogens (tertiary/aromatic N) is 3. The number of hydrogen-bond donors (Lipinski definition) is 0. The molecule has 0 aliphatic heterocycles. The molecule has 0 saturated heterocycles. The van der Waals surface area contributed by atoms with E-state index in [-0.39, 0.29) is 0 Å². The Kier molecular flexibility index (Phi) is 5.87. The van der Waals surface area contributed by atoms with Crippen molar-refractivity contribution in [3.05, 3.63) is 18.5 Å². The van der Waals surface area contributed by atoms with Crippen LogP contribution in [-0.4, -0.2) is 15.0 Å². The van der Waals surface area contributed by atoms with Crippen LogP contribution in [0.5, 0.6) is 0 Å². The standard InChI is InChI=1S/C11H19N3/c1-2-3-4-5-6-7-8-11-13-9-12-10-14-11/h9-10H,2-8H2,1H3. The van der Waals surface area contributed by atoms with Gasteiger partial charge in [-0.05, 0) is 6.42 Å². The van der Waals surface area contributed by atoms with E-state index in [0.717, 1.165) is 12.2 Å². The van der Waals surface area contributed by atoms with Crippen molar-refractivity contribution < 1.29 is 0 Å². The molecule has 14 heavy (non-hydrogen) atoms. The van der Waals surface area contributed by atoms with Crippen molar-refractivity contribution in [1.29, 1.82) is 0 Å². The third-order valence-corrected chi connectivity index (χ3v) is 2.30. The van der Waals surface area contributed by atoms with Crippen LogP contribution in [0, 0.1) is 0 Å². The predicted octanol–water partition coefficient (Wildman–Crippen LogP) is 2.77. The first-order valence-electron chi connectivity index (χ1n) is 5.54.